The number of ether oxygens (including phenoxy) is 14. The van der Waals surface area contributed by atoms with Crippen LogP contribution in [0.4, 0.5) is 0 Å². The second-order valence-electron chi connectivity index (χ2n) is 24.0. The molecule has 6 saturated heterocycles. The summed E-state index contributed by atoms with van der Waals surface area (Å²) in [5.74, 6) is -4.53. The number of carbonyl (C=O) groups excluding carboxylic acids is 4. The second kappa shape index (κ2) is 35.7. The minimum absolute atomic E-state index is 0.0817. The number of rotatable bonds is 18. The summed E-state index contributed by atoms with van der Waals surface area (Å²) in [6.07, 6.45) is -34.1. The van der Waals surface area contributed by atoms with Gasteiger partial charge in [-0.15, -0.1) is 0 Å². The van der Waals surface area contributed by atoms with Crippen LogP contribution in [-0.4, -0.2) is 254 Å². The molecule has 6 aliphatic heterocycles. The molecule has 0 aromatic rings. The number of unbranched alkanes of at least 4 members (excludes halogenated alkanes) is 2. The third kappa shape index (κ3) is 19.1. The lowest BCUT2D eigenvalue weighted by molar-refractivity contribution is -0.413. The van der Waals surface area contributed by atoms with Crippen molar-refractivity contribution in [3.8, 4) is 0 Å². The van der Waals surface area contributed by atoms with Crippen LogP contribution in [0.2, 0.25) is 0 Å². The van der Waals surface area contributed by atoms with Crippen LogP contribution in [0.15, 0.2) is 23.3 Å². The third-order valence-electron chi connectivity index (χ3n) is 17.5. The summed E-state index contributed by atoms with van der Waals surface area (Å²) in [4.78, 5) is 55.1. The van der Waals surface area contributed by atoms with E-state index in [4.69, 9.17) is 66.3 Å². The summed E-state index contributed by atoms with van der Waals surface area (Å²) in [6, 6.07) is 0. The van der Waals surface area contributed by atoms with Gasteiger partial charge in [-0.25, -0.2) is 9.59 Å². The first-order chi connectivity index (χ1) is 42.5. The number of carbonyl (C=O) groups is 4. The van der Waals surface area contributed by atoms with Gasteiger partial charge in [0.15, 0.2) is 55.9 Å². The fraction of sp³-hybridized carbons (Fsp3) is 0.869. The molecule has 28 heteroatoms. The van der Waals surface area contributed by atoms with Gasteiger partial charge < -0.3 is 117 Å². The largest absolute Gasteiger partial charge is 0.454 e. The van der Waals surface area contributed by atoms with E-state index in [0.29, 0.717) is 25.7 Å². The summed E-state index contributed by atoms with van der Waals surface area (Å²) in [6.45, 7) is 11.3. The Morgan fingerprint density at radius 3 is 1.70 bits per heavy atom. The van der Waals surface area contributed by atoms with E-state index in [1.807, 2.05) is 0 Å². The SMILES string of the molecule is CC=C(C)C(=O)OC1C(O)C(CO)OC(OC2C(OC(=O)C(C)=CC)C(C)OC(OC3C4OC(CO)C(O)C3OC3OC(CO)C(O)C(O)C3OC(=O)CCCCCCCCCC(CCCCC)OC3OC(C)C(O)C(O)C3O4)C2OC(=O)C(C)CC)C1O. The molecule has 28 nitrogen and oxygen atoms in total. The molecule has 0 spiro atoms. The standard InChI is InChI=1S/C61H100O28/c1-10-14-20-23-34-24-21-18-16-15-17-19-22-25-38(65)82-49-44(71)40(67)35(26-62)80-59(49)86-48-42(69)37(28-64)81-61(87-50-43(70)39(66)32(8)76-58(50)78-34)52(48)89-60-53(85-56(75)31(7)13-4)51(46(33(9)77-60)83-54(73)29(5)11-2)88-57-45(72)47(41(68)36(27-63)79-57)84-55(74)30(6)12-3/h11-12,31-37,39-53,57-64,66-72H,10,13-28H2,1-9H3. The molecule has 6 heterocycles. The smallest absolute Gasteiger partial charge is 0.333 e. The first-order valence-electron chi connectivity index (χ1n) is 31.7. The predicted molar refractivity (Wildman–Crippen MR) is 306 cm³/mol. The molecule has 6 rings (SSSR count). The van der Waals surface area contributed by atoms with Crippen molar-refractivity contribution in [2.45, 2.75) is 312 Å². The van der Waals surface area contributed by atoms with Crippen LogP contribution in [0.1, 0.15) is 152 Å². The summed E-state index contributed by atoms with van der Waals surface area (Å²) in [5.41, 5.74) is 0.170. The Balaban J connectivity index is 1.55. The molecule has 6 aliphatic rings. The molecule has 0 aromatic heterocycles. The van der Waals surface area contributed by atoms with Crippen LogP contribution in [0.3, 0.4) is 0 Å². The quantitative estimate of drug-likeness (QED) is 0.0393. The van der Waals surface area contributed by atoms with Gasteiger partial charge in [-0.2, -0.15) is 0 Å². The molecule has 0 aliphatic carbocycles. The van der Waals surface area contributed by atoms with E-state index in [1.54, 1.807) is 20.8 Å². The van der Waals surface area contributed by atoms with Crippen molar-refractivity contribution < 1.29 is 137 Å². The number of allylic oxidation sites excluding steroid dienone is 2. The molecule has 6 fully saturated rings. The average molecular weight is 1280 g/mol. The number of hydrogen-bond donors (Lipinski definition) is 10. The minimum Gasteiger partial charge on any atom is -0.454 e. The molecule has 2 bridgehead atoms. The van der Waals surface area contributed by atoms with Crippen molar-refractivity contribution in [3.05, 3.63) is 23.3 Å². The minimum atomic E-state index is -2.10. The normalized spacial score (nSPS) is 41.4. The monoisotopic (exact) mass is 1280 g/mol. The van der Waals surface area contributed by atoms with Crippen LogP contribution in [-0.2, 0) is 85.5 Å². The molecule has 0 saturated carbocycles. The van der Waals surface area contributed by atoms with Crippen molar-refractivity contribution in [2.75, 3.05) is 19.8 Å². The van der Waals surface area contributed by atoms with Gasteiger partial charge in [-0.1, -0.05) is 90.7 Å². The zero-order chi connectivity index (χ0) is 65.4. The lowest BCUT2D eigenvalue weighted by Crippen LogP contribution is -2.69. The maximum absolute atomic E-state index is 14.4. The highest BCUT2D eigenvalue weighted by Gasteiger charge is 2.60. The van der Waals surface area contributed by atoms with Gasteiger partial charge in [0.25, 0.3) is 0 Å². The van der Waals surface area contributed by atoms with Gasteiger partial charge in [0.05, 0.1) is 44.1 Å². The van der Waals surface area contributed by atoms with E-state index in [9.17, 15) is 70.2 Å². The molecular weight excluding hydrogens is 1180 g/mol. The van der Waals surface area contributed by atoms with Gasteiger partial charge in [-0.05, 0) is 67.2 Å². The maximum Gasteiger partial charge on any atom is 0.333 e. The first kappa shape index (κ1) is 74.6. The Morgan fingerprint density at radius 2 is 1.08 bits per heavy atom. The Hall–Kier alpha value is -3.44. The van der Waals surface area contributed by atoms with Crippen molar-refractivity contribution in [2.24, 2.45) is 5.92 Å². The highest BCUT2D eigenvalue weighted by molar-refractivity contribution is 5.88. The number of esters is 4. The second-order valence-corrected chi connectivity index (χ2v) is 24.0. The Bertz CT molecular complexity index is 2260. The van der Waals surface area contributed by atoms with Crippen molar-refractivity contribution in [1.82, 2.24) is 0 Å². The zero-order valence-corrected chi connectivity index (χ0v) is 52.6. The molecule has 10 N–H and O–H groups in total. The lowest BCUT2D eigenvalue weighted by atomic mass is 9.95. The van der Waals surface area contributed by atoms with E-state index in [-0.39, 0.29) is 24.0 Å². The van der Waals surface area contributed by atoms with Crippen LogP contribution in [0.5, 0.6) is 0 Å². The van der Waals surface area contributed by atoms with Crippen molar-refractivity contribution >= 4 is 23.9 Å². The Labute approximate surface area is 519 Å². The van der Waals surface area contributed by atoms with Gasteiger partial charge in [0.2, 0.25) is 0 Å². The molecule has 27 atom stereocenters. The summed E-state index contributed by atoms with van der Waals surface area (Å²) in [7, 11) is 0. The molecule has 512 valence electrons. The van der Waals surface area contributed by atoms with Crippen LogP contribution < -0.4 is 0 Å². The third-order valence-corrected chi connectivity index (χ3v) is 17.5. The number of aliphatic hydroxyl groups excluding tert-OH is 10. The Morgan fingerprint density at radius 1 is 0.528 bits per heavy atom. The number of aliphatic hydroxyl groups is 10. The Kier molecular flexibility index (Phi) is 29.9. The lowest BCUT2D eigenvalue weighted by Gasteiger charge is -2.51. The van der Waals surface area contributed by atoms with Crippen LogP contribution in [0, 0.1) is 5.92 Å². The fourth-order valence-electron chi connectivity index (χ4n) is 11.4. The fourth-order valence-corrected chi connectivity index (χ4v) is 11.4. The van der Waals surface area contributed by atoms with E-state index < -0.39 is 209 Å². The van der Waals surface area contributed by atoms with Crippen molar-refractivity contribution in [3.63, 3.8) is 0 Å². The van der Waals surface area contributed by atoms with Gasteiger partial charge in [0, 0.05) is 17.6 Å². The van der Waals surface area contributed by atoms with E-state index in [2.05, 4.69) is 6.92 Å². The predicted octanol–water partition coefficient (Wildman–Crippen LogP) is 0.810. The van der Waals surface area contributed by atoms with Gasteiger partial charge >= 0.3 is 23.9 Å². The van der Waals surface area contributed by atoms with E-state index >= 15 is 0 Å². The number of hydrogen-bond acceptors (Lipinski definition) is 28. The molecule has 0 amide bonds. The first-order valence-corrected chi connectivity index (χ1v) is 31.7. The number of fused-ring (bicyclic) bond motifs is 4. The maximum atomic E-state index is 14.4. The zero-order valence-electron chi connectivity index (χ0n) is 52.6. The summed E-state index contributed by atoms with van der Waals surface area (Å²) >= 11 is 0. The average Bonchev–Trinajstić information content (AvgIpc) is 0.815. The van der Waals surface area contributed by atoms with Crippen LogP contribution in [0.25, 0.3) is 0 Å². The van der Waals surface area contributed by atoms with E-state index in [1.165, 1.54) is 46.8 Å². The van der Waals surface area contributed by atoms with E-state index in [0.717, 1.165) is 51.4 Å². The van der Waals surface area contributed by atoms with Crippen molar-refractivity contribution in [1.29, 1.82) is 0 Å². The highest BCUT2D eigenvalue weighted by Crippen LogP contribution is 2.40. The molecule has 89 heavy (non-hydrogen) atoms. The molecule has 0 aromatic carbocycles. The molecule has 0 radical (unpaired) electrons. The van der Waals surface area contributed by atoms with Gasteiger partial charge in [-0.3, -0.25) is 9.59 Å². The molecule has 27 unspecified atom stereocenters. The van der Waals surface area contributed by atoms with Crippen LogP contribution >= 0.6 is 0 Å². The highest BCUT2D eigenvalue weighted by atomic mass is 16.8. The van der Waals surface area contributed by atoms with Gasteiger partial charge in [0.1, 0.15) is 85.5 Å². The summed E-state index contributed by atoms with van der Waals surface area (Å²) in [5, 5.41) is 114. The topological polar surface area (TPSA) is 400 Å². The molecular formula is C61H100O28. The summed E-state index contributed by atoms with van der Waals surface area (Å²) < 4.78 is 88.3.